The summed E-state index contributed by atoms with van der Waals surface area (Å²) in [7, 11) is 1.62. The van der Waals surface area contributed by atoms with Crippen LogP contribution in [0.2, 0.25) is 0 Å². The summed E-state index contributed by atoms with van der Waals surface area (Å²) in [6.45, 7) is 6.02. The van der Waals surface area contributed by atoms with E-state index in [9.17, 15) is 4.79 Å². The van der Waals surface area contributed by atoms with Gasteiger partial charge in [0.1, 0.15) is 5.75 Å². The lowest BCUT2D eigenvalue weighted by Gasteiger charge is -2.36. The molecule has 0 bridgehead atoms. The first-order valence-electron chi connectivity index (χ1n) is 9.58. The average molecular weight is 383 g/mol. The molecule has 0 atom stereocenters. The monoisotopic (exact) mass is 383 g/mol. The highest BCUT2D eigenvalue weighted by atomic mass is 16.5. The molecule has 8 nitrogen and oxygen atoms in total. The number of hydrogen-bond donors (Lipinski definition) is 0. The third-order valence-electron chi connectivity index (χ3n) is 5.23. The van der Waals surface area contributed by atoms with E-state index in [0.29, 0.717) is 18.7 Å². The van der Waals surface area contributed by atoms with Gasteiger partial charge in [-0.15, -0.1) is 5.10 Å². The Bertz CT molecular complexity index is 800. The SMILES string of the molecule is COc1ccc(C(=O)N2CCN(c3cc(N4CCOCC4)cnn3)CC2)cc1. The van der Waals surface area contributed by atoms with Gasteiger partial charge in [0, 0.05) is 50.9 Å². The van der Waals surface area contributed by atoms with Crippen molar-refractivity contribution in [2.75, 3.05) is 69.4 Å². The standard InChI is InChI=1S/C20H25N5O3/c1-27-18-4-2-16(3-5-18)20(26)25-8-6-24(7-9-25)19-14-17(15-21-22-19)23-10-12-28-13-11-23/h2-5,14-15H,6-13H2,1H3. The van der Waals surface area contributed by atoms with Crippen LogP contribution in [0, 0.1) is 0 Å². The lowest BCUT2D eigenvalue weighted by molar-refractivity contribution is 0.0746. The van der Waals surface area contributed by atoms with E-state index in [4.69, 9.17) is 9.47 Å². The topological polar surface area (TPSA) is 71.0 Å². The summed E-state index contributed by atoms with van der Waals surface area (Å²) < 4.78 is 10.6. The van der Waals surface area contributed by atoms with Crippen molar-refractivity contribution in [1.29, 1.82) is 0 Å². The highest BCUT2D eigenvalue weighted by molar-refractivity contribution is 5.94. The van der Waals surface area contributed by atoms with Gasteiger partial charge in [0.2, 0.25) is 0 Å². The van der Waals surface area contributed by atoms with Gasteiger partial charge in [0.05, 0.1) is 32.2 Å². The Balaban J connectivity index is 1.37. The Morgan fingerprint density at radius 1 is 1.00 bits per heavy atom. The van der Waals surface area contributed by atoms with Crippen LogP contribution in [0.25, 0.3) is 0 Å². The summed E-state index contributed by atoms with van der Waals surface area (Å²) in [4.78, 5) is 19.1. The molecular formula is C20H25N5O3. The number of ether oxygens (including phenoxy) is 2. The van der Waals surface area contributed by atoms with Gasteiger partial charge in [0.25, 0.3) is 5.91 Å². The molecule has 1 aromatic heterocycles. The van der Waals surface area contributed by atoms with Crippen molar-refractivity contribution in [3.8, 4) is 5.75 Å². The molecule has 2 fully saturated rings. The maximum Gasteiger partial charge on any atom is 0.253 e. The Labute approximate surface area is 164 Å². The van der Waals surface area contributed by atoms with Crippen molar-refractivity contribution in [2.45, 2.75) is 0 Å². The van der Waals surface area contributed by atoms with Crippen molar-refractivity contribution in [3.05, 3.63) is 42.1 Å². The van der Waals surface area contributed by atoms with Crippen LogP contribution in [0.4, 0.5) is 11.5 Å². The lowest BCUT2D eigenvalue weighted by atomic mass is 10.1. The highest BCUT2D eigenvalue weighted by Crippen LogP contribution is 2.21. The molecule has 0 radical (unpaired) electrons. The number of amides is 1. The van der Waals surface area contributed by atoms with E-state index in [1.54, 1.807) is 13.3 Å². The van der Waals surface area contributed by atoms with Gasteiger partial charge in [-0.2, -0.15) is 5.10 Å². The normalized spacial score (nSPS) is 17.5. The zero-order chi connectivity index (χ0) is 19.3. The number of benzene rings is 1. The van der Waals surface area contributed by atoms with Crippen molar-refractivity contribution in [1.82, 2.24) is 15.1 Å². The summed E-state index contributed by atoms with van der Waals surface area (Å²) in [5.41, 5.74) is 1.76. The number of rotatable bonds is 4. The van der Waals surface area contributed by atoms with Gasteiger partial charge in [0.15, 0.2) is 5.82 Å². The molecule has 0 N–H and O–H groups in total. The Morgan fingerprint density at radius 2 is 1.71 bits per heavy atom. The largest absolute Gasteiger partial charge is 0.497 e. The second-order valence-electron chi connectivity index (χ2n) is 6.88. The second kappa shape index (κ2) is 8.43. The number of aromatic nitrogens is 2. The van der Waals surface area contributed by atoms with Crippen LogP contribution in [0.5, 0.6) is 5.75 Å². The van der Waals surface area contributed by atoms with E-state index in [-0.39, 0.29) is 5.91 Å². The van der Waals surface area contributed by atoms with Gasteiger partial charge < -0.3 is 24.2 Å². The second-order valence-corrected chi connectivity index (χ2v) is 6.88. The molecule has 4 rings (SSSR count). The third-order valence-corrected chi connectivity index (χ3v) is 5.23. The quantitative estimate of drug-likeness (QED) is 0.788. The van der Waals surface area contributed by atoms with Crippen molar-refractivity contribution >= 4 is 17.4 Å². The van der Waals surface area contributed by atoms with Crippen LogP contribution in [-0.2, 0) is 4.74 Å². The summed E-state index contributed by atoms with van der Waals surface area (Å²) in [5.74, 6) is 1.66. The predicted molar refractivity (Wildman–Crippen MR) is 106 cm³/mol. The first-order valence-corrected chi connectivity index (χ1v) is 9.58. The Morgan fingerprint density at radius 3 is 2.39 bits per heavy atom. The van der Waals surface area contributed by atoms with Crippen LogP contribution in [0.15, 0.2) is 36.5 Å². The molecule has 2 saturated heterocycles. The number of morpholine rings is 1. The minimum atomic E-state index is 0.0513. The molecular weight excluding hydrogens is 358 g/mol. The molecule has 0 spiro atoms. The third kappa shape index (κ3) is 4.01. The minimum absolute atomic E-state index is 0.0513. The Hall–Kier alpha value is -2.87. The number of nitrogens with zero attached hydrogens (tertiary/aromatic N) is 5. The van der Waals surface area contributed by atoms with E-state index in [2.05, 4.69) is 26.1 Å². The fraction of sp³-hybridized carbons (Fsp3) is 0.450. The molecule has 0 aliphatic carbocycles. The molecule has 0 saturated carbocycles. The van der Waals surface area contributed by atoms with Crippen LogP contribution < -0.4 is 14.5 Å². The van der Waals surface area contributed by atoms with E-state index >= 15 is 0 Å². The number of carbonyl (C=O) groups is 1. The van der Waals surface area contributed by atoms with Crippen LogP contribution >= 0.6 is 0 Å². The zero-order valence-electron chi connectivity index (χ0n) is 16.1. The fourth-order valence-electron chi connectivity index (χ4n) is 3.55. The van der Waals surface area contributed by atoms with Crippen molar-refractivity contribution in [2.24, 2.45) is 0 Å². The number of piperazine rings is 1. The van der Waals surface area contributed by atoms with Gasteiger partial charge in [-0.1, -0.05) is 0 Å². The molecule has 1 aromatic carbocycles. The van der Waals surface area contributed by atoms with E-state index in [1.807, 2.05) is 29.2 Å². The van der Waals surface area contributed by atoms with Crippen molar-refractivity contribution < 1.29 is 14.3 Å². The zero-order valence-corrected chi connectivity index (χ0v) is 16.1. The van der Waals surface area contributed by atoms with Gasteiger partial charge >= 0.3 is 0 Å². The first kappa shape index (κ1) is 18.5. The molecule has 148 valence electrons. The summed E-state index contributed by atoms with van der Waals surface area (Å²) >= 11 is 0. The average Bonchev–Trinajstić information content (AvgIpc) is 2.79. The lowest BCUT2D eigenvalue weighted by Crippen LogP contribution is -2.49. The number of carbonyl (C=O) groups excluding carboxylic acids is 1. The first-order chi connectivity index (χ1) is 13.7. The fourth-order valence-corrected chi connectivity index (χ4v) is 3.55. The highest BCUT2D eigenvalue weighted by Gasteiger charge is 2.24. The molecule has 28 heavy (non-hydrogen) atoms. The van der Waals surface area contributed by atoms with Gasteiger partial charge in [-0.05, 0) is 24.3 Å². The van der Waals surface area contributed by atoms with Crippen LogP contribution in [0.1, 0.15) is 10.4 Å². The smallest absolute Gasteiger partial charge is 0.253 e. The number of methoxy groups -OCH3 is 1. The summed E-state index contributed by atoms with van der Waals surface area (Å²) in [5, 5.41) is 8.49. The van der Waals surface area contributed by atoms with Crippen molar-refractivity contribution in [3.63, 3.8) is 0 Å². The van der Waals surface area contributed by atoms with Gasteiger partial charge in [-0.25, -0.2) is 0 Å². The number of anilines is 2. The van der Waals surface area contributed by atoms with Gasteiger partial charge in [-0.3, -0.25) is 4.79 Å². The molecule has 1 amide bonds. The molecule has 8 heteroatoms. The molecule has 0 unspecified atom stereocenters. The molecule has 3 heterocycles. The summed E-state index contributed by atoms with van der Waals surface area (Å²) in [6.07, 6.45) is 1.80. The maximum atomic E-state index is 12.7. The van der Waals surface area contributed by atoms with Crippen LogP contribution in [0.3, 0.4) is 0 Å². The van der Waals surface area contributed by atoms with E-state index in [1.165, 1.54) is 0 Å². The van der Waals surface area contributed by atoms with Crippen LogP contribution in [-0.4, -0.2) is 80.6 Å². The maximum absolute atomic E-state index is 12.7. The molecule has 2 aliphatic rings. The minimum Gasteiger partial charge on any atom is -0.497 e. The Kier molecular flexibility index (Phi) is 5.57. The number of hydrogen-bond acceptors (Lipinski definition) is 7. The molecule has 2 aromatic rings. The van der Waals surface area contributed by atoms with E-state index in [0.717, 1.165) is 56.6 Å². The predicted octanol–water partition coefficient (Wildman–Crippen LogP) is 1.28. The summed E-state index contributed by atoms with van der Waals surface area (Å²) in [6, 6.07) is 9.33. The molecule has 2 aliphatic heterocycles. The van der Waals surface area contributed by atoms with E-state index < -0.39 is 0 Å².